The van der Waals surface area contributed by atoms with Crippen LogP contribution >= 0.6 is 0 Å². The maximum Gasteiger partial charge on any atom is 0.0439 e. The molecular weight excluding hydrogens is 220 g/mol. The molecule has 1 aliphatic rings. The molecule has 0 aliphatic carbocycles. The van der Waals surface area contributed by atoms with Crippen molar-refractivity contribution in [2.24, 2.45) is 0 Å². The van der Waals surface area contributed by atoms with Gasteiger partial charge in [0.15, 0.2) is 0 Å². The highest BCUT2D eigenvalue weighted by Crippen LogP contribution is 2.22. The second-order valence-electron chi connectivity index (χ2n) is 5.69. The van der Waals surface area contributed by atoms with Crippen molar-refractivity contribution in [1.29, 1.82) is 0 Å². The van der Waals surface area contributed by atoms with Gasteiger partial charge in [0.2, 0.25) is 0 Å². The fraction of sp³-hybridized carbons (Fsp3) is 0.625. The van der Waals surface area contributed by atoms with Crippen molar-refractivity contribution in [3.8, 4) is 0 Å². The average Bonchev–Trinajstić information content (AvgIpc) is 2.35. The Balaban J connectivity index is 2.08. The number of hydrogen-bond donors (Lipinski definition) is 1. The number of benzene rings is 1. The summed E-state index contributed by atoms with van der Waals surface area (Å²) in [5.74, 6) is 0. The molecule has 0 aromatic heterocycles. The van der Waals surface area contributed by atoms with Gasteiger partial charge in [-0.1, -0.05) is 18.6 Å². The highest BCUT2D eigenvalue weighted by Gasteiger charge is 2.15. The van der Waals surface area contributed by atoms with Crippen molar-refractivity contribution in [1.82, 2.24) is 10.4 Å². The van der Waals surface area contributed by atoms with E-state index in [-0.39, 0.29) is 0 Å². The first-order valence-electron chi connectivity index (χ1n) is 7.17. The van der Waals surface area contributed by atoms with E-state index in [4.69, 9.17) is 0 Å². The Morgan fingerprint density at radius 1 is 0.944 bits per heavy atom. The van der Waals surface area contributed by atoms with Crippen LogP contribution in [-0.2, 0) is 0 Å². The van der Waals surface area contributed by atoms with Gasteiger partial charge in [0.25, 0.3) is 0 Å². The van der Waals surface area contributed by atoms with E-state index in [1.165, 1.54) is 54.6 Å². The molecule has 0 spiro atoms. The molecule has 2 nitrogen and oxygen atoms in total. The zero-order valence-electron chi connectivity index (χ0n) is 12.2. The third-order valence-electron chi connectivity index (χ3n) is 4.08. The van der Waals surface area contributed by atoms with Crippen LogP contribution in [0.3, 0.4) is 0 Å². The summed E-state index contributed by atoms with van der Waals surface area (Å²) in [5.41, 5.74) is 9.27. The highest BCUT2D eigenvalue weighted by molar-refractivity contribution is 5.37. The van der Waals surface area contributed by atoms with Crippen molar-refractivity contribution < 1.29 is 0 Å². The summed E-state index contributed by atoms with van der Waals surface area (Å²) in [5, 5.41) is 2.39. The van der Waals surface area contributed by atoms with Crippen LogP contribution < -0.4 is 5.43 Å². The van der Waals surface area contributed by atoms with Crippen LogP contribution in [0.1, 0.15) is 54.5 Å². The van der Waals surface area contributed by atoms with Crippen LogP contribution in [0.2, 0.25) is 0 Å². The first kappa shape index (κ1) is 13.6. The van der Waals surface area contributed by atoms with E-state index in [0.717, 1.165) is 0 Å². The van der Waals surface area contributed by atoms with Gasteiger partial charge in [-0.25, -0.2) is 10.4 Å². The van der Waals surface area contributed by atoms with Crippen molar-refractivity contribution in [3.63, 3.8) is 0 Å². The Kier molecular flexibility index (Phi) is 4.41. The highest BCUT2D eigenvalue weighted by atomic mass is 15.5. The van der Waals surface area contributed by atoms with Crippen molar-refractivity contribution in [2.45, 2.75) is 53.0 Å². The van der Waals surface area contributed by atoms with Crippen LogP contribution in [0.4, 0.5) is 0 Å². The second kappa shape index (κ2) is 5.85. The number of nitrogens with one attached hydrogen (secondary N) is 1. The normalized spacial score (nSPS) is 18.9. The van der Waals surface area contributed by atoms with Gasteiger partial charge in [-0.05, 0) is 62.8 Å². The maximum atomic E-state index is 3.66. The topological polar surface area (TPSA) is 15.3 Å². The number of nitrogens with zero attached hydrogens (tertiary/aromatic N) is 1. The summed E-state index contributed by atoms with van der Waals surface area (Å²) in [6, 6.07) is 5.05. The summed E-state index contributed by atoms with van der Waals surface area (Å²) in [4.78, 5) is 0. The number of piperidine rings is 1. The van der Waals surface area contributed by atoms with E-state index in [1.807, 2.05) is 0 Å². The van der Waals surface area contributed by atoms with E-state index < -0.39 is 0 Å². The van der Waals surface area contributed by atoms with Crippen molar-refractivity contribution >= 4 is 0 Å². The molecule has 1 aromatic rings. The Bertz CT molecular complexity index is 406. The zero-order valence-corrected chi connectivity index (χ0v) is 12.2. The summed E-state index contributed by atoms with van der Waals surface area (Å²) >= 11 is 0. The second-order valence-corrected chi connectivity index (χ2v) is 5.69. The number of aryl methyl sites for hydroxylation is 3. The molecule has 1 atom stereocenters. The minimum absolute atomic E-state index is 0.405. The molecule has 1 N–H and O–H groups in total. The first-order chi connectivity index (χ1) is 8.58. The van der Waals surface area contributed by atoms with Crippen LogP contribution in [0, 0.1) is 20.8 Å². The van der Waals surface area contributed by atoms with Crippen molar-refractivity contribution in [3.05, 3.63) is 34.4 Å². The number of hydrogen-bond acceptors (Lipinski definition) is 2. The van der Waals surface area contributed by atoms with Gasteiger partial charge >= 0.3 is 0 Å². The molecular formula is C16H26N2. The lowest BCUT2D eigenvalue weighted by Gasteiger charge is -2.31. The summed E-state index contributed by atoms with van der Waals surface area (Å²) in [7, 11) is 0. The Morgan fingerprint density at radius 3 is 2.22 bits per heavy atom. The minimum atomic E-state index is 0.405. The van der Waals surface area contributed by atoms with Crippen LogP contribution in [0.15, 0.2) is 12.1 Å². The lowest BCUT2D eigenvalue weighted by Crippen LogP contribution is -2.43. The zero-order chi connectivity index (χ0) is 13.1. The van der Waals surface area contributed by atoms with Crippen LogP contribution in [-0.4, -0.2) is 18.1 Å². The molecule has 1 heterocycles. The number of hydrazine groups is 1. The standard InChI is InChI=1S/C16H26N2/c1-12-10-14(3)16(11-13(12)2)15(4)17-18-8-6-5-7-9-18/h10-11,15,17H,5-9H2,1-4H3. The van der Waals surface area contributed by atoms with Gasteiger partial charge in [-0.15, -0.1) is 0 Å². The SMILES string of the molecule is Cc1cc(C)c(C(C)NN2CCCCC2)cc1C. The molecule has 2 heteroatoms. The Hall–Kier alpha value is -0.860. The molecule has 1 saturated heterocycles. The minimum Gasteiger partial charge on any atom is -0.248 e. The molecule has 1 fully saturated rings. The van der Waals surface area contributed by atoms with Crippen LogP contribution in [0.5, 0.6) is 0 Å². The summed E-state index contributed by atoms with van der Waals surface area (Å²) < 4.78 is 0. The van der Waals surface area contributed by atoms with E-state index in [2.05, 4.69) is 50.3 Å². The summed E-state index contributed by atoms with van der Waals surface area (Å²) in [6.45, 7) is 11.3. The van der Waals surface area contributed by atoms with E-state index in [1.54, 1.807) is 0 Å². The lowest BCUT2D eigenvalue weighted by atomic mass is 9.97. The van der Waals surface area contributed by atoms with Gasteiger partial charge in [-0.3, -0.25) is 0 Å². The van der Waals surface area contributed by atoms with E-state index >= 15 is 0 Å². The smallest absolute Gasteiger partial charge is 0.0439 e. The fourth-order valence-corrected chi connectivity index (χ4v) is 2.82. The maximum absolute atomic E-state index is 3.66. The summed E-state index contributed by atoms with van der Waals surface area (Å²) in [6.07, 6.45) is 4.03. The van der Waals surface area contributed by atoms with Crippen LogP contribution in [0.25, 0.3) is 0 Å². The molecule has 2 rings (SSSR count). The van der Waals surface area contributed by atoms with Gasteiger partial charge in [0.1, 0.15) is 0 Å². The molecule has 0 saturated carbocycles. The molecule has 1 aromatic carbocycles. The molecule has 0 amide bonds. The molecule has 0 bridgehead atoms. The third kappa shape index (κ3) is 3.12. The van der Waals surface area contributed by atoms with Gasteiger partial charge in [0, 0.05) is 19.1 Å². The average molecular weight is 246 g/mol. The third-order valence-corrected chi connectivity index (χ3v) is 4.08. The van der Waals surface area contributed by atoms with E-state index in [9.17, 15) is 0 Å². The molecule has 1 aliphatic heterocycles. The number of rotatable bonds is 3. The Morgan fingerprint density at radius 2 is 1.56 bits per heavy atom. The van der Waals surface area contributed by atoms with Gasteiger partial charge < -0.3 is 0 Å². The van der Waals surface area contributed by atoms with E-state index in [0.29, 0.717) is 6.04 Å². The first-order valence-corrected chi connectivity index (χ1v) is 7.17. The molecule has 0 radical (unpaired) electrons. The lowest BCUT2D eigenvalue weighted by molar-refractivity contribution is 0.133. The van der Waals surface area contributed by atoms with Gasteiger partial charge in [-0.2, -0.15) is 0 Å². The van der Waals surface area contributed by atoms with Crippen molar-refractivity contribution in [2.75, 3.05) is 13.1 Å². The predicted octanol–water partition coefficient (Wildman–Crippen LogP) is 3.66. The van der Waals surface area contributed by atoms with Gasteiger partial charge in [0.05, 0.1) is 0 Å². The fourth-order valence-electron chi connectivity index (χ4n) is 2.82. The quantitative estimate of drug-likeness (QED) is 0.875. The largest absolute Gasteiger partial charge is 0.248 e. The monoisotopic (exact) mass is 246 g/mol. The molecule has 18 heavy (non-hydrogen) atoms. The predicted molar refractivity (Wildman–Crippen MR) is 77.6 cm³/mol. The Labute approximate surface area is 111 Å². The molecule has 1 unspecified atom stereocenters. The molecule has 100 valence electrons.